The lowest BCUT2D eigenvalue weighted by atomic mass is 9.89. The topological polar surface area (TPSA) is 80.0 Å². The number of fused-ring (bicyclic) bond motifs is 5. The van der Waals surface area contributed by atoms with Gasteiger partial charge < -0.3 is 10.4 Å². The van der Waals surface area contributed by atoms with Crippen LogP contribution >= 0.6 is 0 Å². The number of benzene rings is 1. The fourth-order valence-electron chi connectivity index (χ4n) is 3.97. The molecule has 28 heavy (non-hydrogen) atoms. The Hall–Kier alpha value is -3.25. The van der Waals surface area contributed by atoms with Crippen molar-refractivity contribution < 1.29 is 9.90 Å². The monoisotopic (exact) mass is 372 g/mol. The zero-order valence-electron chi connectivity index (χ0n) is 15.3. The molecule has 140 valence electrons. The van der Waals surface area contributed by atoms with Crippen LogP contribution in [0.3, 0.4) is 0 Å². The van der Waals surface area contributed by atoms with E-state index in [4.69, 9.17) is 5.10 Å². The Kier molecular flexibility index (Phi) is 4.06. The highest BCUT2D eigenvalue weighted by Gasteiger charge is 2.33. The van der Waals surface area contributed by atoms with Crippen LogP contribution in [-0.2, 0) is 19.4 Å². The number of nitrogens with one attached hydrogen (secondary N) is 1. The molecule has 0 fully saturated rings. The number of hydrogen-bond acceptors (Lipinski definition) is 4. The lowest BCUT2D eigenvalue weighted by Gasteiger charge is -2.23. The fraction of sp³-hybridized carbons (Fsp3) is 0.227. The first-order valence-electron chi connectivity index (χ1n) is 9.47. The summed E-state index contributed by atoms with van der Waals surface area (Å²) in [6, 6.07) is 11.9. The third kappa shape index (κ3) is 2.82. The maximum atomic E-state index is 12.5. The highest BCUT2D eigenvalue weighted by Crippen LogP contribution is 2.35. The average Bonchev–Trinajstić information content (AvgIpc) is 3.12. The molecular weight excluding hydrogens is 352 g/mol. The van der Waals surface area contributed by atoms with E-state index in [1.54, 1.807) is 4.68 Å². The van der Waals surface area contributed by atoms with Crippen LogP contribution in [0.4, 0.5) is 0 Å². The summed E-state index contributed by atoms with van der Waals surface area (Å²) in [5.74, 6) is -0.152. The average molecular weight is 372 g/mol. The number of aryl methyl sites for hydroxylation is 1. The zero-order valence-corrected chi connectivity index (χ0v) is 15.3. The number of aliphatic hydroxyl groups is 1. The third-order valence-corrected chi connectivity index (χ3v) is 5.37. The zero-order chi connectivity index (χ0) is 19.1. The first-order chi connectivity index (χ1) is 13.7. The number of aliphatic hydroxyl groups excluding tert-OH is 1. The summed E-state index contributed by atoms with van der Waals surface area (Å²) < 4.78 is 1.75. The van der Waals surface area contributed by atoms with Crippen molar-refractivity contribution >= 4 is 18.1 Å². The van der Waals surface area contributed by atoms with E-state index >= 15 is 0 Å². The molecule has 1 aliphatic carbocycles. The minimum absolute atomic E-state index is 0.0926. The Morgan fingerprint density at radius 2 is 2.07 bits per heavy atom. The minimum Gasteiger partial charge on any atom is -0.394 e. The Balaban J connectivity index is 1.54. The second kappa shape index (κ2) is 6.73. The van der Waals surface area contributed by atoms with E-state index in [9.17, 15) is 9.90 Å². The van der Waals surface area contributed by atoms with E-state index < -0.39 is 0 Å². The molecule has 5 rings (SSSR count). The number of pyridine rings is 1. The van der Waals surface area contributed by atoms with Crippen molar-refractivity contribution in [3.05, 3.63) is 70.7 Å². The van der Waals surface area contributed by atoms with Gasteiger partial charge in [0.25, 0.3) is 5.91 Å². The molecule has 6 nitrogen and oxygen atoms in total. The number of amides is 1. The van der Waals surface area contributed by atoms with E-state index in [-0.39, 0.29) is 18.6 Å². The standard InChI is InChI=1S/C22H20N4O2/c27-13-17-12-26-21(22(28)24-17)18-9-7-15-11-23-16(10-19(15)20(18)25-26)8-6-14-4-2-1-3-5-14/h1-6,8,10-11,17,27H,7,9,12-13H2,(H,24,28). The number of hydrogen-bond donors (Lipinski definition) is 2. The van der Waals surface area contributed by atoms with Gasteiger partial charge in [-0.2, -0.15) is 5.10 Å². The first-order valence-corrected chi connectivity index (χ1v) is 9.47. The fourth-order valence-corrected chi connectivity index (χ4v) is 3.97. The van der Waals surface area contributed by atoms with Crippen LogP contribution in [0.1, 0.15) is 32.9 Å². The van der Waals surface area contributed by atoms with Crippen LogP contribution in [0.25, 0.3) is 23.4 Å². The van der Waals surface area contributed by atoms with E-state index in [0.717, 1.165) is 46.5 Å². The van der Waals surface area contributed by atoms with Crippen molar-refractivity contribution in [2.24, 2.45) is 0 Å². The molecule has 0 saturated heterocycles. The lowest BCUT2D eigenvalue weighted by Crippen LogP contribution is -2.46. The normalized spacial score (nSPS) is 17.8. The number of aromatic nitrogens is 3. The summed E-state index contributed by atoms with van der Waals surface area (Å²) in [6.45, 7) is 0.399. The van der Waals surface area contributed by atoms with Crippen molar-refractivity contribution in [1.29, 1.82) is 0 Å². The number of carbonyl (C=O) groups excluding carboxylic acids is 1. The van der Waals surface area contributed by atoms with Crippen LogP contribution in [0.5, 0.6) is 0 Å². The molecule has 0 bridgehead atoms. The van der Waals surface area contributed by atoms with Crippen molar-refractivity contribution in [3.8, 4) is 11.3 Å². The molecule has 6 heteroatoms. The quantitative estimate of drug-likeness (QED) is 0.739. The SMILES string of the molecule is O=C1NC(CO)Cn2nc3c(c21)CCc1cnc(C=Cc2ccccc2)cc1-3. The molecule has 0 saturated carbocycles. The molecular formula is C22H20N4O2. The maximum absolute atomic E-state index is 12.5. The smallest absolute Gasteiger partial charge is 0.270 e. The molecule has 2 aliphatic rings. The Bertz CT molecular complexity index is 1090. The van der Waals surface area contributed by atoms with Crippen molar-refractivity contribution in [1.82, 2.24) is 20.1 Å². The summed E-state index contributed by atoms with van der Waals surface area (Å²) in [5.41, 5.74) is 6.65. The molecule has 2 aromatic heterocycles. The molecule has 1 amide bonds. The second-order valence-electron chi connectivity index (χ2n) is 7.22. The van der Waals surface area contributed by atoms with E-state index in [0.29, 0.717) is 12.2 Å². The van der Waals surface area contributed by atoms with Gasteiger partial charge in [0.1, 0.15) is 5.69 Å². The van der Waals surface area contributed by atoms with Gasteiger partial charge in [0.15, 0.2) is 0 Å². The molecule has 1 atom stereocenters. The largest absolute Gasteiger partial charge is 0.394 e. The Labute approximate surface area is 162 Å². The number of rotatable bonds is 3. The van der Waals surface area contributed by atoms with Crippen LogP contribution < -0.4 is 5.32 Å². The van der Waals surface area contributed by atoms with Gasteiger partial charge in [0.2, 0.25) is 0 Å². The van der Waals surface area contributed by atoms with Crippen LogP contribution in [0.2, 0.25) is 0 Å². The summed E-state index contributed by atoms with van der Waals surface area (Å²) in [4.78, 5) is 17.1. The Morgan fingerprint density at radius 3 is 2.89 bits per heavy atom. The lowest BCUT2D eigenvalue weighted by molar-refractivity contribution is 0.0861. The van der Waals surface area contributed by atoms with E-state index in [1.165, 1.54) is 0 Å². The summed E-state index contributed by atoms with van der Waals surface area (Å²) >= 11 is 0. The number of carbonyl (C=O) groups is 1. The minimum atomic E-state index is -0.289. The summed E-state index contributed by atoms with van der Waals surface area (Å²) in [6.07, 6.45) is 7.56. The van der Waals surface area contributed by atoms with Gasteiger partial charge in [-0.3, -0.25) is 14.5 Å². The van der Waals surface area contributed by atoms with Crippen molar-refractivity contribution in [2.75, 3.05) is 6.61 Å². The van der Waals surface area contributed by atoms with Gasteiger partial charge in [-0.1, -0.05) is 36.4 Å². The second-order valence-corrected chi connectivity index (χ2v) is 7.22. The molecule has 1 unspecified atom stereocenters. The highest BCUT2D eigenvalue weighted by atomic mass is 16.3. The first kappa shape index (κ1) is 16.9. The molecule has 3 aromatic rings. The predicted octanol–water partition coefficient (Wildman–Crippen LogP) is 2.32. The molecule has 3 heterocycles. The summed E-state index contributed by atoms with van der Waals surface area (Å²) in [7, 11) is 0. The molecule has 0 radical (unpaired) electrons. The van der Waals surface area contributed by atoms with Gasteiger partial charge in [-0.05, 0) is 36.1 Å². The molecule has 1 aliphatic heterocycles. The van der Waals surface area contributed by atoms with Crippen molar-refractivity contribution in [3.63, 3.8) is 0 Å². The molecule has 1 aromatic carbocycles. The van der Waals surface area contributed by atoms with E-state index in [2.05, 4.69) is 10.3 Å². The van der Waals surface area contributed by atoms with Gasteiger partial charge in [0.05, 0.1) is 30.6 Å². The number of nitrogens with zero attached hydrogens (tertiary/aromatic N) is 3. The van der Waals surface area contributed by atoms with Crippen LogP contribution in [-0.4, -0.2) is 38.4 Å². The predicted molar refractivity (Wildman–Crippen MR) is 107 cm³/mol. The molecule has 0 spiro atoms. The van der Waals surface area contributed by atoms with Gasteiger partial charge >= 0.3 is 0 Å². The van der Waals surface area contributed by atoms with E-state index in [1.807, 2.05) is 54.7 Å². The van der Waals surface area contributed by atoms with Crippen LogP contribution in [0, 0.1) is 0 Å². The highest BCUT2D eigenvalue weighted by molar-refractivity contribution is 5.97. The van der Waals surface area contributed by atoms with Gasteiger partial charge in [-0.15, -0.1) is 0 Å². The summed E-state index contributed by atoms with van der Waals surface area (Å²) in [5, 5.41) is 17.0. The molecule has 2 N–H and O–H groups in total. The van der Waals surface area contributed by atoms with Crippen LogP contribution in [0.15, 0.2) is 42.6 Å². The third-order valence-electron chi connectivity index (χ3n) is 5.37. The maximum Gasteiger partial charge on any atom is 0.270 e. The van der Waals surface area contributed by atoms with Gasteiger partial charge in [-0.25, -0.2) is 0 Å². The van der Waals surface area contributed by atoms with Gasteiger partial charge in [0, 0.05) is 17.3 Å². The van der Waals surface area contributed by atoms with Crippen molar-refractivity contribution in [2.45, 2.75) is 25.4 Å². The Morgan fingerprint density at radius 1 is 1.21 bits per heavy atom.